The lowest BCUT2D eigenvalue weighted by molar-refractivity contribution is 0.0980. The van der Waals surface area contributed by atoms with Gasteiger partial charge in [-0.25, -0.2) is 4.98 Å². The molecule has 0 unspecified atom stereocenters. The van der Waals surface area contributed by atoms with Crippen LogP contribution in [0.1, 0.15) is 31.8 Å². The van der Waals surface area contributed by atoms with Gasteiger partial charge < -0.3 is 15.8 Å². The number of rotatable bonds is 3. The summed E-state index contributed by atoms with van der Waals surface area (Å²) in [7, 11) is 1.47. The highest BCUT2D eigenvalue weighted by Gasteiger charge is 2.35. The fourth-order valence-electron chi connectivity index (χ4n) is 2.96. The Morgan fingerprint density at radius 3 is 2.40 bits per heavy atom. The van der Waals surface area contributed by atoms with E-state index in [2.05, 4.69) is 10.3 Å². The van der Waals surface area contributed by atoms with Crippen LogP contribution in [0.2, 0.25) is 0 Å². The second-order valence-corrected chi connectivity index (χ2v) is 6.35. The van der Waals surface area contributed by atoms with Crippen molar-refractivity contribution < 1.29 is 14.3 Å². The number of nitrogens with one attached hydrogen (secondary N) is 1. The molecule has 2 aromatic carbocycles. The molecular weight excluding hydrogens is 338 g/mol. The lowest BCUT2D eigenvalue weighted by Gasteiger charge is -2.23. The maximum atomic E-state index is 13.0. The summed E-state index contributed by atoms with van der Waals surface area (Å²) < 4.78 is 5.30. The maximum absolute atomic E-state index is 13.0. The quantitative estimate of drug-likeness (QED) is 0.550. The van der Waals surface area contributed by atoms with E-state index < -0.39 is 0 Å². The van der Waals surface area contributed by atoms with Crippen LogP contribution in [0.15, 0.2) is 41.9 Å². The third-order valence-corrected chi connectivity index (χ3v) is 4.78. The number of nitrogens with two attached hydrogens (primary N) is 1. The highest BCUT2D eigenvalue weighted by Crippen LogP contribution is 2.41. The van der Waals surface area contributed by atoms with E-state index in [0.717, 1.165) is 0 Å². The van der Waals surface area contributed by atoms with Crippen LogP contribution in [0.3, 0.4) is 0 Å². The van der Waals surface area contributed by atoms with Gasteiger partial charge in [-0.05, 0) is 0 Å². The molecule has 0 bridgehead atoms. The Morgan fingerprint density at radius 2 is 1.80 bits per heavy atom. The highest BCUT2D eigenvalue weighted by atomic mass is 32.1. The zero-order valence-corrected chi connectivity index (χ0v) is 14.0. The van der Waals surface area contributed by atoms with Crippen LogP contribution in [-0.4, -0.2) is 23.7 Å². The van der Waals surface area contributed by atoms with Crippen molar-refractivity contribution in [1.82, 2.24) is 4.98 Å². The van der Waals surface area contributed by atoms with Crippen LogP contribution in [0.25, 0.3) is 0 Å². The molecule has 0 radical (unpaired) electrons. The minimum Gasteiger partial charge on any atom is -0.494 e. The molecule has 25 heavy (non-hydrogen) atoms. The molecule has 0 spiro atoms. The van der Waals surface area contributed by atoms with E-state index in [1.165, 1.54) is 18.4 Å². The molecule has 0 saturated heterocycles. The second-order valence-electron chi connectivity index (χ2n) is 5.46. The van der Waals surface area contributed by atoms with Gasteiger partial charge in [-0.15, -0.1) is 11.3 Å². The molecule has 0 atom stereocenters. The molecule has 1 heterocycles. The Balaban J connectivity index is 1.99. The van der Waals surface area contributed by atoms with Gasteiger partial charge in [-0.2, -0.15) is 0 Å². The van der Waals surface area contributed by atoms with E-state index in [9.17, 15) is 9.59 Å². The van der Waals surface area contributed by atoms with E-state index in [4.69, 9.17) is 10.5 Å². The second kappa shape index (κ2) is 5.71. The van der Waals surface area contributed by atoms with Crippen LogP contribution in [-0.2, 0) is 0 Å². The summed E-state index contributed by atoms with van der Waals surface area (Å²) in [5.74, 6) is -0.208. The summed E-state index contributed by atoms with van der Waals surface area (Å²) >= 11 is 1.38. The number of carbonyl (C=O) groups excluding carboxylic acids is 2. The number of thiazole rings is 1. The van der Waals surface area contributed by atoms with Crippen molar-refractivity contribution in [2.45, 2.75) is 0 Å². The number of ether oxygens (including phenoxy) is 1. The van der Waals surface area contributed by atoms with Crippen LogP contribution < -0.4 is 15.8 Å². The number of nitrogens with zero attached hydrogens (tertiary/aromatic N) is 1. The van der Waals surface area contributed by atoms with Gasteiger partial charge >= 0.3 is 0 Å². The zero-order valence-electron chi connectivity index (χ0n) is 13.2. The minimum atomic E-state index is -0.288. The molecule has 0 saturated carbocycles. The van der Waals surface area contributed by atoms with Gasteiger partial charge in [0, 0.05) is 28.8 Å². The first-order valence-electron chi connectivity index (χ1n) is 7.47. The number of nitrogen functional groups attached to an aromatic ring is 1. The standard InChI is InChI=1S/C18H13N3O3S/c1-24-12-8-11(21-18-20-6-7-25-18)13-14(15(12)19)17(23)10-5-3-2-4-9(10)16(13)22/h2-8H,19H2,1H3,(H,20,21). The fraction of sp³-hybridized carbons (Fsp3) is 0.0556. The van der Waals surface area contributed by atoms with Gasteiger partial charge in [0.1, 0.15) is 5.75 Å². The summed E-state index contributed by atoms with van der Waals surface area (Å²) in [5, 5.41) is 5.51. The Kier molecular flexibility index (Phi) is 3.51. The van der Waals surface area contributed by atoms with Gasteiger partial charge in [0.15, 0.2) is 16.7 Å². The van der Waals surface area contributed by atoms with Crippen molar-refractivity contribution in [2.75, 3.05) is 18.2 Å². The summed E-state index contributed by atoms with van der Waals surface area (Å²) in [6.07, 6.45) is 1.65. The van der Waals surface area contributed by atoms with Crippen molar-refractivity contribution in [3.63, 3.8) is 0 Å². The Labute approximate surface area is 147 Å². The van der Waals surface area contributed by atoms with E-state index in [1.54, 1.807) is 36.5 Å². The molecule has 4 rings (SSSR count). The lowest BCUT2D eigenvalue weighted by atomic mass is 9.82. The van der Waals surface area contributed by atoms with Gasteiger partial charge in [0.05, 0.1) is 29.6 Å². The average Bonchev–Trinajstić information content (AvgIpc) is 3.14. The smallest absolute Gasteiger partial charge is 0.196 e. The van der Waals surface area contributed by atoms with E-state index >= 15 is 0 Å². The van der Waals surface area contributed by atoms with Crippen LogP contribution >= 0.6 is 11.3 Å². The largest absolute Gasteiger partial charge is 0.494 e. The van der Waals surface area contributed by atoms with E-state index in [1.807, 2.05) is 5.38 Å². The maximum Gasteiger partial charge on any atom is 0.196 e. The molecule has 0 amide bonds. The summed E-state index contributed by atoms with van der Waals surface area (Å²) in [4.78, 5) is 30.2. The zero-order chi connectivity index (χ0) is 17.6. The number of methoxy groups -OCH3 is 1. The topological polar surface area (TPSA) is 94.3 Å². The van der Waals surface area contributed by atoms with Crippen LogP contribution in [0.5, 0.6) is 5.75 Å². The van der Waals surface area contributed by atoms with Gasteiger partial charge in [-0.3, -0.25) is 9.59 Å². The number of fused-ring (bicyclic) bond motifs is 2. The molecule has 3 N–H and O–H groups in total. The van der Waals surface area contributed by atoms with E-state index in [-0.39, 0.29) is 28.4 Å². The normalized spacial score (nSPS) is 12.5. The Morgan fingerprint density at radius 1 is 1.12 bits per heavy atom. The first-order valence-corrected chi connectivity index (χ1v) is 8.35. The van der Waals surface area contributed by atoms with Gasteiger partial charge in [0.25, 0.3) is 0 Å². The molecule has 0 aliphatic heterocycles. The molecule has 1 aromatic heterocycles. The first kappa shape index (κ1) is 15.3. The molecule has 3 aromatic rings. The molecule has 1 aliphatic carbocycles. The summed E-state index contributed by atoms with van der Waals surface area (Å²) in [5.41, 5.74) is 7.87. The average molecular weight is 351 g/mol. The summed E-state index contributed by atoms with van der Waals surface area (Å²) in [6, 6.07) is 8.35. The van der Waals surface area contributed by atoms with E-state index in [0.29, 0.717) is 27.7 Å². The fourth-order valence-corrected chi connectivity index (χ4v) is 3.50. The monoisotopic (exact) mass is 351 g/mol. The number of hydrogen-bond donors (Lipinski definition) is 2. The van der Waals surface area contributed by atoms with Crippen molar-refractivity contribution >= 4 is 39.4 Å². The van der Waals surface area contributed by atoms with Gasteiger partial charge in [-0.1, -0.05) is 24.3 Å². The number of aromatic nitrogens is 1. The van der Waals surface area contributed by atoms with Crippen molar-refractivity contribution in [2.24, 2.45) is 0 Å². The highest BCUT2D eigenvalue weighted by molar-refractivity contribution is 7.13. The Bertz CT molecular complexity index is 1010. The molecule has 7 heteroatoms. The molecule has 6 nitrogen and oxygen atoms in total. The molecule has 1 aliphatic rings. The minimum absolute atomic E-state index is 0.162. The van der Waals surface area contributed by atoms with Crippen molar-refractivity contribution in [1.29, 1.82) is 0 Å². The van der Waals surface area contributed by atoms with Crippen molar-refractivity contribution in [3.05, 3.63) is 64.2 Å². The number of ketones is 2. The molecule has 0 fully saturated rings. The lowest BCUT2D eigenvalue weighted by Crippen LogP contribution is -2.24. The summed E-state index contributed by atoms with van der Waals surface area (Å²) in [6.45, 7) is 0. The third-order valence-electron chi connectivity index (χ3n) is 4.09. The number of carbonyl (C=O) groups is 2. The van der Waals surface area contributed by atoms with Crippen LogP contribution in [0.4, 0.5) is 16.5 Å². The van der Waals surface area contributed by atoms with Crippen molar-refractivity contribution in [3.8, 4) is 5.75 Å². The Hall–Kier alpha value is -3.19. The molecule has 124 valence electrons. The number of anilines is 3. The first-order chi connectivity index (χ1) is 12.1. The number of hydrogen-bond acceptors (Lipinski definition) is 7. The van der Waals surface area contributed by atoms with Crippen LogP contribution in [0, 0.1) is 0 Å². The third kappa shape index (κ3) is 2.28. The predicted molar refractivity (Wildman–Crippen MR) is 96.1 cm³/mol. The predicted octanol–water partition coefficient (Wildman–Crippen LogP) is 3.25. The van der Waals surface area contributed by atoms with Gasteiger partial charge in [0.2, 0.25) is 0 Å². The molecular formula is C18H13N3O3S. The SMILES string of the molecule is COc1cc(Nc2nccs2)c2c(c1N)C(=O)c1ccccc1C2=O. The number of benzene rings is 2.